The minimum atomic E-state index is -1.02. The third kappa shape index (κ3) is 2.56. The van der Waals surface area contributed by atoms with Crippen molar-refractivity contribution in [2.45, 2.75) is 32.8 Å². The molecule has 0 bridgehead atoms. The number of carboxylic acid groups (broad SMARTS) is 1. The highest BCUT2D eigenvalue weighted by Crippen LogP contribution is 2.31. The van der Waals surface area contributed by atoms with Crippen LogP contribution in [0.4, 0.5) is 0 Å². The maximum Gasteiger partial charge on any atom is 0.356 e. The Morgan fingerprint density at radius 3 is 2.76 bits per heavy atom. The molecule has 1 atom stereocenters. The van der Waals surface area contributed by atoms with E-state index in [-0.39, 0.29) is 11.8 Å². The first-order chi connectivity index (χ1) is 10.1. The molecule has 1 fully saturated rings. The summed E-state index contributed by atoms with van der Waals surface area (Å²) in [4.78, 5) is 11.2. The molecule has 1 aliphatic heterocycles. The number of benzene rings is 1. The Morgan fingerprint density at radius 1 is 1.33 bits per heavy atom. The van der Waals surface area contributed by atoms with Gasteiger partial charge < -0.3 is 9.84 Å². The highest BCUT2D eigenvalue weighted by molar-refractivity contribution is 5.85. The fourth-order valence-electron chi connectivity index (χ4n) is 2.60. The zero-order valence-electron chi connectivity index (χ0n) is 12.2. The number of aromatic nitrogens is 2. The van der Waals surface area contributed by atoms with Crippen LogP contribution in [0.5, 0.6) is 0 Å². The Hall–Kier alpha value is -2.14. The smallest absolute Gasteiger partial charge is 0.356 e. The van der Waals surface area contributed by atoms with Crippen molar-refractivity contribution in [3.63, 3.8) is 0 Å². The number of carbonyl (C=O) groups is 1. The number of carboxylic acids is 1. The summed E-state index contributed by atoms with van der Waals surface area (Å²) in [5, 5.41) is 13.4. The summed E-state index contributed by atoms with van der Waals surface area (Å²) >= 11 is 0. The van der Waals surface area contributed by atoms with Crippen LogP contribution in [0.2, 0.25) is 0 Å². The molecule has 1 unspecified atom stereocenters. The quantitative estimate of drug-likeness (QED) is 0.942. The Labute approximate surface area is 123 Å². The topological polar surface area (TPSA) is 64.4 Å². The van der Waals surface area contributed by atoms with Crippen molar-refractivity contribution in [3.8, 4) is 5.69 Å². The van der Waals surface area contributed by atoms with Gasteiger partial charge in [-0.3, -0.25) is 0 Å². The second kappa shape index (κ2) is 5.33. The standard InChI is InChI=1S/C16H18N2O3/c1-10-5-6-12(8-11(10)2)18-14(15-4-3-7-21-15)9-13(17-18)16(19)20/h5-6,8-9,15H,3-4,7H2,1-2H3,(H,19,20). The average Bonchev–Trinajstić information content (AvgIpc) is 3.09. The molecule has 5 nitrogen and oxygen atoms in total. The fraction of sp³-hybridized carbons (Fsp3) is 0.375. The van der Waals surface area contributed by atoms with Crippen molar-refractivity contribution in [2.75, 3.05) is 6.61 Å². The third-order valence-corrected chi connectivity index (χ3v) is 3.95. The van der Waals surface area contributed by atoms with Crippen molar-refractivity contribution < 1.29 is 14.6 Å². The first-order valence-electron chi connectivity index (χ1n) is 7.09. The van der Waals surface area contributed by atoms with E-state index in [4.69, 9.17) is 4.74 Å². The molecule has 1 saturated heterocycles. The summed E-state index contributed by atoms with van der Waals surface area (Å²) in [7, 11) is 0. The molecule has 1 aliphatic rings. The van der Waals surface area contributed by atoms with Gasteiger partial charge >= 0.3 is 5.97 Å². The molecule has 3 rings (SSSR count). The summed E-state index contributed by atoms with van der Waals surface area (Å²) in [6.07, 6.45) is 1.81. The summed E-state index contributed by atoms with van der Waals surface area (Å²) in [6, 6.07) is 7.62. The van der Waals surface area contributed by atoms with E-state index >= 15 is 0 Å². The first-order valence-corrected chi connectivity index (χ1v) is 7.09. The van der Waals surface area contributed by atoms with Gasteiger partial charge in [0.05, 0.1) is 17.5 Å². The van der Waals surface area contributed by atoms with E-state index < -0.39 is 5.97 Å². The van der Waals surface area contributed by atoms with Crippen LogP contribution in [0.3, 0.4) is 0 Å². The second-order valence-electron chi connectivity index (χ2n) is 5.44. The normalized spacial score (nSPS) is 18.1. The molecule has 0 spiro atoms. The van der Waals surface area contributed by atoms with E-state index in [1.807, 2.05) is 32.0 Å². The van der Waals surface area contributed by atoms with Crippen LogP contribution in [0.15, 0.2) is 24.3 Å². The molecule has 5 heteroatoms. The molecule has 0 radical (unpaired) electrons. The minimum Gasteiger partial charge on any atom is -0.476 e. The molecule has 2 heterocycles. The monoisotopic (exact) mass is 286 g/mol. The van der Waals surface area contributed by atoms with Crippen LogP contribution in [-0.2, 0) is 4.74 Å². The molecule has 21 heavy (non-hydrogen) atoms. The fourth-order valence-corrected chi connectivity index (χ4v) is 2.60. The van der Waals surface area contributed by atoms with Gasteiger partial charge in [-0.1, -0.05) is 6.07 Å². The molecule has 0 aliphatic carbocycles. The Kier molecular flexibility index (Phi) is 3.51. The molecule has 1 N–H and O–H groups in total. The summed E-state index contributed by atoms with van der Waals surface area (Å²) in [6.45, 7) is 4.79. The van der Waals surface area contributed by atoms with Gasteiger partial charge in [-0.15, -0.1) is 0 Å². The van der Waals surface area contributed by atoms with E-state index in [0.29, 0.717) is 6.61 Å². The van der Waals surface area contributed by atoms with Gasteiger partial charge in [0.25, 0.3) is 0 Å². The van der Waals surface area contributed by atoms with Crippen LogP contribution in [-0.4, -0.2) is 27.5 Å². The van der Waals surface area contributed by atoms with Gasteiger partial charge in [0.2, 0.25) is 0 Å². The van der Waals surface area contributed by atoms with E-state index in [0.717, 1.165) is 29.8 Å². The van der Waals surface area contributed by atoms with Gasteiger partial charge in [0.1, 0.15) is 0 Å². The number of hydrogen-bond acceptors (Lipinski definition) is 3. The number of hydrogen-bond donors (Lipinski definition) is 1. The third-order valence-electron chi connectivity index (χ3n) is 3.95. The SMILES string of the molecule is Cc1ccc(-n2nc(C(=O)O)cc2C2CCCO2)cc1C. The molecule has 1 aromatic carbocycles. The lowest BCUT2D eigenvalue weighted by Crippen LogP contribution is -2.07. The molecule has 1 aromatic heterocycles. The maximum atomic E-state index is 11.2. The minimum absolute atomic E-state index is 0.0544. The zero-order chi connectivity index (χ0) is 15.0. The number of rotatable bonds is 3. The second-order valence-corrected chi connectivity index (χ2v) is 5.44. The maximum absolute atomic E-state index is 11.2. The Bertz CT molecular complexity index is 685. The molecular formula is C16H18N2O3. The van der Waals surface area contributed by atoms with Gasteiger partial charge in [0, 0.05) is 6.61 Å². The molecule has 0 amide bonds. The predicted octanol–water partition coefficient (Wildman–Crippen LogP) is 3.04. The lowest BCUT2D eigenvalue weighted by molar-refractivity contribution is 0.0690. The van der Waals surface area contributed by atoms with E-state index in [9.17, 15) is 9.90 Å². The summed E-state index contributed by atoms with van der Waals surface area (Å²) < 4.78 is 7.39. The van der Waals surface area contributed by atoms with Crippen molar-refractivity contribution in [1.82, 2.24) is 9.78 Å². The van der Waals surface area contributed by atoms with Crippen molar-refractivity contribution in [2.24, 2.45) is 0 Å². The zero-order valence-corrected chi connectivity index (χ0v) is 12.2. The molecule has 0 saturated carbocycles. The van der Waals surface area contributed by atoms with Gasteiger partial charge in [-0.25, -0.2) is 9.48 Å². The number of aryl methyl sites for hydroxylation is 2. The van der Waals surface area contributed by atoms with Crippen molar-refractivity contribution >= 4 is 5.97 Å². The molecule has 2 aromatic rings. The molecule has 110 valence electrons. The van der Waals surface area contributed by atoms with Crippen LogP contribution >= 0.6 is 0 Å². The first kappa shape index (κ1) is 13.8. The largest absolute Gasteiger partial charge is 0.476 e. The lowest BCUT2D eigenvalue weighted by atomic mass is 10.1. The van der Waals surface area contributed by atoms with Crippen LogP contribution in [0, 0.1) is 13.8 Å². The average molecular weight is 286 g/mol. The Balaban J connectivity index is 2.10. The molecular weight excluding hydrogens is 268 g/mol. The highest BCUT2D eigenvalue weighted by atomic mass is 16.5. The highest BCUT2D eigenvalue weighted by Gasteiger charge is 2.25. The van der Waals surface area contributed by atoms with E-state index in [1.54, 1.807) is 10.7 Å². The van der Waals surface area contributed by atoms with Crippen LogP contribution < -0.4 is 0 Å². The van der Waals surface area contributed by atoms with E-state index in [2.05, 4.69) is 5.10 Å². The summed E-state index contributed by atoms with van der Waals surface area (Å²) in [5.74, 6) is -1.02. The van der Waals surface area contributed by atoms with Crippen molar-refractivity contribution in [3.05, 3.63) is 46.8 Å². The predicted molar refractivity (Wildman–Crippen MR) is 77.9 cm³/mol. The summed E-state index contributed by atoms with van der Waals surface area (Å²) in [5.41, 5.74) is 4.09. The van der Waals surface area contributed by atoms with Crippen LogP contribution in [0.25, 0.3) is 5.69 Å². The van der Waals surface area contributed by atoms with Gasteiger partial charge in [-0.2, -0.15) is 5.10 Å². The van der Waals surface area contributed by atoms with Crippen LogP contribution in [0.1, 0.15) is 46.3 Å². The number of ether oxygens (including phenoxy) is 1. The van der Waals surface area contributed by atoms with E-state index in [1.165, 1.54) is 5.56 Å². The van der Waals surface area contributed by atoms with Gasteiger partial charge in [0.15, 0.2) is 5.69 Å². The van der Waals surface area contributed by atoms with Gasteiger partial charge in [-0.05, 0) is 56.0 Å². The Morgan fingerprint density at radius 2 is 2.14 bits per heavy atom. The number of nitrogens with zero attached hydrogens (tertiary/aromatic N) is 2. The lowest BCUT2D eigenvalue weighted by Gasteiger charge is -2.13. The number of aromatic carboxylic acids is 1. The van der Waals surface area contributed by atoms with Crippen molar-refractivity contribution in [1.29, 1.82) is 0 Å².